The van der Waals surface area contributed by atoms with E-state index < -0.39 is 0 Å². The molecule has 2 saturated carbocycles. The van der Waals surface area contributed by atoms with Gasteiger partial charge in [-0.15, -0.1) is 0 Å². The Morgan fingerprint density at radius 2 is 1.67 bits per heavy atom. The summed E-state index contributed by atoms with van der Waals surface area (Å²) < 4.78 is 0. The Bertz CT molecular complexity index is 246. The van der Waals surface area contributed by atoms with Gasteiger partial charge in [-0.25, -0.2) is 0 Å². The molecule has 1 N–H and O–H groups in total. The SMILES string of the molecule is CCC1CCC2C(C)(C)CCCC2(C)C1.CCO. The maximum atomic E-state index is 7.57. The lowest BCUT2D eigenvalue weighted by Gasteiger charge is -2.55. The van der Waals surface area contributed by atoms with Crippen LogP contribution in [-0.2, 0) is 0 Å². The van der Waals surface area contributed by atoms with Crippen LogP contribution < -0.4 is 0 Å². The van der Waals surface area contributed by atoms with E-state index in [0.717, 1.165) is 11.8 Å². The van der Waals surface area contributed by atoms with Gasteiger partial charge in [-0.2, -0.15) is 0 Å². The second kappa shape index (κ2) is 6.41. The minimum Gasteiger partial charge on any atom is -0.397 e. The highest BCUT2D eigenvalue weighted by molar-refractivity contribution is 4.98. The Morgan fingerprint density at radius 1 is 1.06 bits per heavy atom. The van der Waals surface area contributed by atoms with Crippen molar-refractivity contribution in [2.24, 2.45) is 22.7 Å². The van der Waals surface area contributed by atoms with Crippen molar-refractivity contribution >= 4 is 0 Å². The summed E-state index contributed by atoms with van der Waals surface area (Å²) in [7, 11) is 0. The first kappa shape index (κ1) is 16.0. The van der Waals surface area contributed by atoms with Crippen LogP contribution in [0.3, 0.4) is 0 Å². The molecule has 2 aliphatic carbocycles. The molecule has 2 fully saturated rings. The van der Waals surface area contributed by atoms with Gasteiger partial charge < -0.3 is 5.11 Å². The summed E-state index contributed by atoms with van der Waals surface area (Å²) in [5.74, 6) is 2.03. The number of hydrogen-bond donors (Lipinski definition) is 1. The molecule has 0 aromatic carbocycles. The maximum Gasteiger partial charge on any atom is 0.0402 e. The average molecular weight is 254 g/mol. The zero-order chi connectivity index (χ0) is 13.8. The van der Waals surface area contributed by atoms with Crippen molar-refractivity contribution in [3.8, 4) is 0 Å². The summed E-state index contributed by atoms with van der Waals surface area (Å²) in [6.07, 6.45) is 10.3. The third-order valence-corrected chi connectivity index (χ3v) is 5.55. The standard InChI is InChI=1S/C15H28.C2H6O/c1-5-12-7-8-13-14(2,3)9-6-10-15(13,4)11-12;1-2-3/h12-13H,5-11H2,1-4H3;3H,2H2,1H3. The predicted molar refractivity (Wildman–Crippen MR) is 79.6 cm³/mol. The van der Waals surface area contributed by atoms with Gasteiger partial charge in [0.25, 0.3) is 0 Å². The molecule has 108 valence electrons. The molecule has 3 unspecified atom stereocenters. The maximum absolute atomic E-state index is 7.57. The van der Waals surface area contributed by atoms with Crippen molar-refractivity contribution in [3.05, 3.63) is 0 Å². The van der Waals surface area contributed by atoms with Crippen LogP contribution in [0.2, 0.25) is 0 Å². The molecule has 0 spiro atoms. The summed E-state index contributed by atoms with van der Waals surface area (Å²) in [5, 5.41) is 7.57. The highest BCUT2D eigenvalue weighted by atomic mass is 16.2. The quantitative estimate of drug-likeness (QED) is 0.696. The van der Waals surface area contributed by atoms with Gasteiger partial charge in [0, 0.05) is 6.61 Å². The molecule has 2 rings (SSSR count). The van der Waals surface area contributed by atoms with E-state index in [0.29, 0.717) is 10.8 Å². The van der Waals surface area contributed by atoms with E-state index in [9.17, 15) is 0 Å². The second-order valence-corrected chi connectivity index (χ2v) is 7.42. The van der Waals surface area contributed by atoms with Gasteiger partial charge in [-0.1, -0.05) is 47.0 Å². The van der Waals surface area contributed by atoms with Crippen molar-refractivity contribution in [1.29, 1.82) is 0 Å². The molecule has 0 saturated heterocycles. The number of aliphatic hydroxyl groups excluding tert-OH is 1. The fourth-order valence-electron chi connectivity index (χ4n) is 4.74. The van der Waals surface area contributed by atoms with E-state index in [2.05, 4.69) is 27.7 Å². The molecular weight excluding hydrogens is 220 g/mol. The molecule has 3 atom stereocenters. The number of rotatable bonds is 1. The highest BCUT2D eigenvalue weighted by Crippen LogP contribution is 2.58. The van der Waals surface area contributed by atoms with Crippen LogP contribution in [0.25, 0.3) is 0 Å². The second-order valence-electron chi connectivity index (χ2n) is 7.42. The fraction of sp³-hybridized carbons (Fsp3) is 1.00. The molecule has 1 nitrogen and oxygen atoms in total. The Kier molecular flexibility index (Phi) is 5.70. The van der Waals surface area contributed by atoms with E-state index in [-0.39, 0.29) is 6.61 Å². The van der Waals surface area contributed by atoms with Crippen LogP contribution in [0.5, 0.6) is 0 Å². The van der Waals surface area contributed by atoms with E-state index in [1.165, 1.54) is 44.9 Å². The summed E-state index contributed by atoms with van der Waals surface area (Å²) in [4.78, 5) is 0. The molecular formula is C17H34O. The lowest BCUT2D eigenvalue weighted by Crippen LogP contribution is -2.45. The van der Waals surface area contributed by atoms with Crippen LogP contribution in [0.15, 0.2) is 0 Å². The summed E-state index contributed by atoms with van der Waals surface area (Å²) in [6, 6.07) is 0. The van der Waals surface area contributed by atoms with Gasteiger partial charge in [0.05, 0.1) is 0 Å². The first-order valence-electron chi connectivity index (χ1n) is 8.00. The smallest absolute Gasteiger partial charge is 0.0402 e. The Morgan fingerprint density at radius 3 is 2.22 bits per heavy atom. The fourth-order valence-corrected chi connectivity index (χ4v) is 4.74. The van der Waals surface area contributed by atoms with Gasteiger partial charge >= 0.3 is 0 Å². The van der Waals surface area contributed by atoms with Crippen LogP contribution in [0.4, 0.5) is 0 Å². The molecule has 0 aromatic heterocycles. The zero-order valence-corrected chi connectivity index (χ0v) is 13.3. The average Bonchev–Trinajstić information content (AvgIpc) is 2.28. The van der Waals surface area contributed by atoms with E-state index in [4.69, 9.17) is 5.11 Å². The molecule has 0 aromatic rings. The van der Waals surface area contributed by atoms with Crippen molar-refractivity contribution in [2.75, 3.05) is 6.61 Å². The van der Waals surface area contributed by atoms with Crippen LogP contribution in [0, 0.1) is 22.7 Å². The van der Waals surface area contributed by atoms with Crippen molar-refractivity contribution in [3.63, 3.8) is 0 Å². The van der Waals surface area contributed by atoms with Gasteiger partial charge in [0.1, 0.15) is 0 Å². The lowest BCUT2D eigenvalue weighted by molar-refractivity contribution is -0.0501. The third-order valence-electron chi connectivity index (χ3n) is 5.55. The number of aliphatic hydroxyl groups is 1. The monoisotopic (exact) mass is 254 g/mol. The normalized spacial score (nSPS) is 38.3. The molecule has 0 aliphatic heterocycles. The first-order valence-corrected chi connectivity index (χ1v) is 8.00. The van der Waals surface area contributed by atoms with E-state index >= 15 is 0 Å². The molecule has 2 aliphatic rings. The first-order chi connectivity index (χ1) is 8.39. The van der Waals surface area contributed by atoms with Crippen molar-refractivity contribution in [1.82, 2.24) is 0 Å². The molecule has 0 bridgehead atoms. The summed E-state index contributed by atoms with van der Waals surface area (Å²) in [5.41, 5.74) is 1.30. The number of hydrogen-bond acceptors (Lipinski definition) is 1. The van der Waals surface area contributed by atoms with Crippen LogP contribution in [-0.4, -0.2) is 11.7 Å². The predicted octanol–water partition coefficient (Wildman–Crippen LogP) is 5.03. The van der Waals surface area contributed by atoms with Crippen molar-refractivity contribution < 1.29 is 5.11 Å². The Hall–Kier alpha value is -0.0400. The molecule has 0 heterocycles. The zero-order valence-electron chi connectivity index (χ0n) is 13.3. The van der Waals surface area contributed by atoms with Crippen LogP contribution >= 0.6 is 0 Å². The van der Waals surface area contributed by atoms with E-state index in [1.807, 2.05) is 0 Å². The highest BCUT2D eigenvalue weighted by Gasteiger charge is 2.48. The third kappa shape index (κ3) is 3.50. The van der Waals surface area contributed by atoms with Crippen molar-refractivity contribution in [2.45, 2.75) is 79.6 Å². The molecule has 1 heteroatoms. The summed E-state index contributed by atoms with van der Waals surface area (Å²) in [6.45, 7) is 11.9. The summed E-state index contributed by atoms with van der Waals surface area (Å²) >= 11 is 0. The topological polar surface area (TPSA) is 20.2 Å². The van der Waals surface area contributed by atoms with Crippen LogP contribution in [0.1, 0.15) is 79.6 Å². The minimum absolute atomic E-state index is 0.250. The van der Waals surface area contributed by atoms with Gasteiger partial charge in [0.15, 0.2) is 0 Å². The minimum atomic E-state index is 0.250. The van der Waals surface area contributed by atoms with E-state index in [1.54, 1.807) is 6.92 Å². The largest absolute Gasteiger partial charge is 0.397 e. The van der Waals surface area contributed by atoms with Gasteiger partial charge in [-0.3, -0.25) is 0 Å². The molecule has 0 radical (unpaired) electrons. The number of fused-ring (bicyclic) bond motifs is 1. The van der Waals surface area contributed by atoms with Gasteiger partial charge in [-0.05, 0) is 55.3 Å². The van der Waals surface area contributed by atoms with Gasteiger partial charge in [0.2, 0.25) is 0 Å². The Labute approximate surface area is 114 Å². The Balaban J connectivity index is 0.000000492. The molecule has 0 amide bonds. The lowest BCUT2D eigenvalue weighted by atomic mass is 9.50. The molecule has 18 heavy (non-hydrogen) atoms.